The van der Waals surface area contributed by atoms with Gasteiger partial charge in [0.15, 0.2) is 5.60 Å². The van der Waals surface area contributed by atoms with Crippen molar-refractivity contribution in [1.82, 2.24) is 46.5 Å². The number of carbonyl (C=O) groups excluding carboxylic acids is 7. The number of nitrogens with zero attached hydrogens (tertiary/aromatic N) is 4. The van der Waals surface area contributed by atoms with Crippen LogP contribution in [0.1, 0.15) is 116 Å². The highest BCUT2D eigenvalue weighted by Crippen LogP contribution is 2.22. The minimum absolute atomic E-state index is 0.0134. The molecular formula is C53H79N9O12S. The fourth-order valence-corrected chi connectivity index (χ4v) is 8.92. The number of hydrogen-bond donors (Lipinski definition) is 5. The van der Waals surface area contributed by atoms with Gasteiger partial charge in [0.05, 0.1) is 57.3 Å². The molecule has 1 saturated heterocycles. The Kier molecular flexibility index (Phi) is 24.9. The summed E-state index contributed by atoms with van der Waals surface area (Å²) >= 11 is 0. The van der Waals surface area contributed by atoms with Gasteiger partial charge in [-0.05, 0) is 68.4 Å². The third-order valence-electron chi connectivity index (χ3n) is 12.6. The number of rotatable bonds is 32. The molecule has 1 aliphatic heterocycles. The van der Waals surface area contributed by atoms with Gasteiger partial charge < -0.3 is 36.1 Å². The number of Topliss-reactive ketones (excluding diaryl/α,β-unsaturated/α-hetero) is 1. The molecule has 5 N–H and O–H groups in total. The molecule has 21 nitrogen and oxygen atoms in total. The van der Waals surface area contributed by atoms with E-state index in [1.165, 1.54) is 6.92 Å². The number of carbonyl (C=O) groups is 7. The van der Waals surface area contributed by atoms with Crippen molar-refractivity contribution in [3.05, 3.63) is 83.7 Å². The Balaban J connectivity index is 1.54. The second-order valence-electron chi connectivity index (χ2n) is 20.1. The van der Waals surface area contributed by atoms with Gasteiger partial charge in [0.1, 0.15) is 30.4 Å². The Hall–Kier alpha value is -6.10. The van der Waals surface area contributed by atoms with Gasteiger partial charge in [0.2, 0.25) is 35.3 Å². The molecule has 2 aromatic carbocycles. The molecule has 0 bridgehead atoms. The fraction of sp³-hybridized carbons (Fsp3) is 0.604. The standard InChI is InChI=1S/C53H79N9O12S/c1-9-41(10-2)62-33-40(59-60-62)32-54-46(63)23-24-48(65)74-53(7,35-73-75(8,70)71)49(66)43(29-36(3)4)56-52(69)45(31-39-19-15-12-16-20-39)58-51(68)44(30-37(5)6)57-50(67)42(22-21-38-17-13-11-14-18-38)55-47(64)34-61-25-27-72-28-26-61/h11-20,33,36-37,41-45H,9-10,21-32,34-35H2,1-8H3,(H,54,63)(H,55,64)(H,56,69)(H,57,67)(H,58,68)/t42-,43-,44-,45-,53?/m0/s1. The zero-order valence-corrected chi connectivity index (χ0v) is 45.6. The molecule has 5 amide bonds. The van der Waals surface area contributed by atoms with E-state index in [1.807, 2.05) is 62.9 Å². The molecule has 0 saturated carbocycles. The topological polar surface area (TPSA) is 275 Å². The van der Waals surface area contributed by atoms with Crippen LogP contribution in [-0.4, -0.2) is 145 Å². The summed E-state index contributed by atoms with van der Waals surface area (Å²) in [6.45, 7) is 13.8. The lowest BCUT2D eigenvalue weighted by atomic mass is 9.89. The summed E-state index contributed by atoms with van der Waals surface area (Å²) < 4.78 is 42.5. The zero-order valence-electron chi connectivity index (χ0n) is 44.8. The van der Waals surface area contributed by atoms with Crippen LogP contribution >= 0.6 is 0 Å². The van der Waals surface area contributed by atoms with Gasteiger partial charge in [-0.25, -0.2) is 4.68 Å². The first-order valence-corrected chi connectivity index (χ1v) is 27.8. The number of aryl methyl sites for hydroxylation is 1. The normalized spacial score (nSPS) is 15.5. The number of morpholine rings is 1. The van der Waals surface area contributed by atoms with Crippen molar-refractivity contribution in [3.8, 4) is 0 Å². The number of ether oxygens (including phenoxy) is 2. The van der Waals surface area contributed by atoms with E-state index in [9.17, 15) is 42.0 Å². The molecule has 2 heterocycles. The highest BCUT2D eigenvalue weighted by molar-refractivity contribution is 7.86. The van der Waals surface area contributed by atoms with E-state index in [2.05, 4.69) is 36.9 Å². The smallest absolute Gasteiger partial charge is 0.307 e. The van der Waals surface area contributed by atoms with Crippen molar-refractivity contribution in [1.29, 1.82) is 0 Å². The third kappa shape index (κ3) is 22.0. The van der Waals surface area contributed by atoms with Crippen LogP contribution in [0.4, 0.5) is 0 Å². The maximum atomic E-state index is 14.7. The maximum Gasteiger partial charge on any atom is 0.307 e. The highest BCUT2D eigenvalue weighted by atomic mass is 32.2. The molecule has 1 aromatic heterocycles. The quantitative estimate of drug-likeness (QED) is 0.0444. The molecule has 0 spiro atoms. The Morgan fingerprint density at radius 1 is 0.733 bits per heavy atom. The van der Waals surface area contributed by atoms with Gasteiger partial charge in [0, 0.05) is 25.9 Å². The molecule has 0 radical (unpaired) electrons. The number of amides is 5. The molecule has 3 aromatic rings. The number of hydrogen-bond acceptors (Lipinski definition) is 15. The minimum Gasteiger partial charge on any atom is -0.449 e. The highest BCUT2D eigenvalue weighted by Gasteiger charge is 2.44. The van der Waals surface area contributed by atoms with Crippen LogP contribution in [0.5, 0.6) is 0 Å². The average molecular weight is 1070 g/mol. The van der Waals surface area contributed by atoms with Crippen molar-refractivity contribution in [2.45, 2.75) is 149 Å². The van der Waals surface area contributed by atoms with E-state index >= 15 is 0 Å². The van der Waals surface area contributed by atoms with Crippen LogP contribution in [0.2, 0.25) is 0 Å². The third-order valence-corrected chi connectivity index (χ3v) is 13.1. The molecule has 75 heavy (non-hydrogen) atoms. The van der Waals surface area contributed by atoms with E-state index in [1.54, 1.807) is 55.1 Å². The molecule has 1 unspecified atom stereocenters. The molecule has 0 aliphatic carbocycles. The predicted molar refractivity (Wildman–Crippen MR) is 280 cm³/mol. The largest absolute Gasteiger partial charge is 0.449 e. The van der Waals surface area contributed by atoms with Crippen LogP contribution in [-0.2, 0) is 76.7 Å². The van der Waals surface area contributed by atoms with Gasteiger partial charge >= 0.3 is 5.97 Å². The first-order chi connectivity index (χ1) is 35.6. The van der Waals surface area contributed by atoms with E-state index in [0.717, 1.165) is 24.7 Å². The van der Waals surface area contributed by atoms with E-state index in [4.69, 9.17) is 13.7 Å². The number of ketones is 1. The van der Waals surface area contributed by atoms with Crippen molar-refractivity contribution in [3.63, 3.8) is 0 Å². The molecule has 5 atom stereocenters. The van der Waals surface area contributed by atoms with Crippen molar-refractivity contribution in [2.75, 3.05) is 45.7 Å². The van der Waals surface area contributed by atoms with Gasteiger partial charge in [-0.1, -0.05) is 107 Å². The number of benzene rings is 2. The van der Waals surface area contributed by atoms with Crippen LogP contribution in [0.3, 0.4) is 0 Å². The number of nitrogens with one attached hydrogen (secondary N) is 5. The van der Waals surface area contributed by atoms with Crippen LogP contribution in [0.15, 0.2) is 66.9 Å². The lowest BCUT2D eigenvalue weighted by Gasteiger charge is -2.33. The Morgan fingerprint density at radius 3 is 1.89 bits per heavy atom. The Bertz CT molecular complexity index is 2430. The first-order valence-electron chi connectivity index (χ1n) is 25.9. The van der Waals surface area contributed by atoms with Gasteiger partial charge in [-0.2, -0.15) is 8.42 Å². The summed E-state index contributed by atoms with van der Waals surface area (Å²) in [5.74, 6) is -5.26. The lowest BCUT2D eigenvalue weighted by molar-refractivity contribution is -0.170. The summed E-state index contributed by atoms with van der Waals surface area (Å²) in [6, 6.07) is 13.5. The molecule has 22 heteroatoms. The van der Waals surface area contributed by atoms with Crippen molar-refractivity contribution >= 4 is 51.4 Å². The van der Waals surface area contributed by atoms with Crippen molar-refractivity contribution < 1.29 is 55.6 Å². The van der Waals surface area contributed by atoms with Crippen molar-refractivity contribution in [2.24, 2.45) is 11.8 Å². The molecule has 4 rings (SSSR count). The Labute approximate surface area is 441 Å². The average Bonchev–Trinajstić information content (AvgIpc) is 3.84. The zero-order chi connectivity index (χ0) is 55.1. The van der Waals surface area contributed by atoms with Gasteiger partial charge in [0.25, 0.3) is 10.1 Å². The predicted octanol–water partition coefficient (Wildman–Crippen LogP) is 3.12. The Morgan fingerprint density at radius 2 is 1.29 bits per heavy atom. The summed E-state index contributed by atoms with van der Waals surface area (Å²) in [5, 5.41) is 22.2. The minimum atomic E-state index is -4.20. The number of aromatic nitrogens is 3. The first kappa shape index (κ1) is 61.4. The molecular weight excluding hydrogens is 987 g/mol. The monoisotopic (exact) mass is 1070 g/mol. The second-order valence-corrected chi connectivity index (χ2v) is 21.8. The van der Waals surface area contributed by atoms with E-state index < -0.39 is 88.3 Å². The SMILES string of the molecule is CCC(CC)n1cc(CNC(=O)CCC(=O)OC(C)(COS(C)(=O)=O)C(=O)[C@H](CC(C)C)NC(=O)[C@H](Cc2ccccc2)NC(=O)[C@H](CC(C)C)NC(=O)[C@H](CCc2ccccc2)NC(=O)CN2CCOCC2)nn1. The summed E-state index contributed by atoms with van der Waals surface area (Å²) in [7, 11) is -4.20. The van der Waals surface area contributed by atoms with Crippen LogP contribution < -0.4 is 26.6 Å². The molecule has 1 fully saturated rings. The van der Waals surface area contributed by atoms with Gasteiger partial charge in [-0.3, -0.25) is 42.6 Å². The summed E-state index contributed by atoms with van der Waals surface area (Å²) in [5.41, 5.74) is -0.182. The van der Waals surface area contributed by atoms with Crippen LogP contribution in [0, 0.1) is 11.8 Å². The second kappa shape index (κ2) is 30.5. The molecule has 414 valence electrons. The fourth-order valence-electron chi connectivity index (χ4n) is 8.48. The molecule has 1 aliphatic rings. The van der Waals surface area contributed by atoms with Gasteiger partial charge in [-0.15, -0.1) is 5.10 Å². The van der Waals surface area contributed by atoms with E-state index in [-0.39, 0.29) is 69.0 Å². The van der Waals surface area contributed by atoms with E-state index in [0.29, 0.717) is 44.0 Å². The summed E-state index contributed by atoms with van der Waals surface area (Å²) in [6.07, 6.45) is 4.13. The summed E-state index contributed by atoms with van der Waals surface area (Å²) in [4.78, 5) is 99.6. The van der Waals surface area contributed by atoms with Crippen LogP contribution in [0.25, 0.3) is 0 Å². The number of esters is 1. The maximum absolute atomic E-state index is 14.7. The lowest BCUT2D eigenvalue weighted by Crippen LogP contribution is -2.60.